The van der Waals surface area contributed by atoms with E-state index >= 15 is 0 Å². The van der Waals surface area contributed by atoms with Crippen LogP contribution in [0.5, 0.6) is 5.75 Å². The van der Waals surface area contributed by atoms with Crippen LogP contribution in [0.3, 0.4) is 0 Å². The Morgan fingerprint density at radius 3 is 2.16 bits per heavy atom. The molecular formula is C31H30N4O3. The molecule has 1 saturated heterocycles. The molecule has 7 heteroatoms. The lowest BCUT2D eigenvalue weighted by Gasteiger charge is -2.35. The van der Waals surface area contributed by atoms with E-state index in [9.17, 15) is 9.59 Å². The maximum absolute atomic E-state index is 12.7. The first-order valence-corrected chi connectivity index (χ1v) is 12.7. The Balaban J connectivity index is 1.11. The Morgan fingerprint density at radius 1 is 0.789 bits per heavy atom. The van der Waals surface area contributed by atoms with Crippen molar-refractivity contribution in [2.24, 2.45) is 0 Å². The van der Waals surface area contributed by atoms with Gasteiger partial charge in [-0.2, -0.15) is 0 Å². The number of carbonyl (C=O) groups is 2. The minimum Gasteiger partial charge on any atom is -0.484 e. The smallest absolute Gasteiger partial charge is 0.260 e. The Morgan fingerprint density at radius 2 is 1.50 bits per heavy atom. The van der Waals surface area contributed by atoms with E-state index in [2.05, 4.69) is 47.1 Å². The molecule has 1 aliphatic rings. The molecule has 5 rings (SSSR count). The van der Waals surface area contributed by atoms with Crippen LogP contribution in [0.25, 0.3) is 11.3 Å². The average molecular weight is 507 g/mol. The number of anilines is 1. The molecule has 0 unspecified atom stereocenters. The standard InChI is InChI=1S/C31H30N4O3/c1-22-8-13-27(23(2)20-22)28-14-15-29(33-32-28)34-16-18-35(19-17-34)30(36)21-38-26-11-9-25(10-12-26)31(37)24-6-4-3-5-7-24/h3-15,20H,16-19,21H2,1-2H3. The number of amides is 1. The Labute approximate surface area is 222 Å². The molecule has 4 aromatic rings. The number of ketones is 1. The van der Waals surface area contributed by atoms with Crippen molar-refractivity contribution in [2.75, 3.05) is 37.7 Å². The van der Waals surface area contributed by atoms with Gasteiger partial charge in [0.2, 0.25) is 0 Å². The van der Waals surface area contributed by atoms with E-state index < -0.39 is 0 Å². The van der Waals surface area contributed by atoms with Crippen molar-refractivity contribution in [1.29, 1.82) is 0 Å². The van der Waals surface area contributed by atoms with Gasteiger partial charge >= 0.3 is 0 Å². The van der Waals surface area contributed by atoms with Gasteiger partial charge in [-0.05, 0) is 55.8 Å². The third kappa shape index (κ3) is 5.72. The first-order valence-electron chi connectivity index (χ1n) is 12.7. The van der Waals surface area contributed by atoms with Crippen molar-refractivity contribution in [3.8, 4) is 17.0 Å². The fraction of sp³-hybridized carbons (Fsp3) is 0.226. The number of nitrogens with zero attached hydrogens (tertiary/aromatic N) is 4. The van der Waals surface area contributed by atoms with Crippen molar-refractivity contribution in [1.82, 2.24) is 15.1 Å². The highest BCUT2D eigenvalue weighted by atomic mass is 16.5. The first kappa shape index (κ1) is 25.1. The lowest BCUT2D eigenvalue weighted by Crippen LogP contribution is -2.50. The molecule has 0 aliphatic carbocycles. The predicted molar refractivity (Wildman–Crippen MR) is 148 cm³/mol. The van der Waals surface area contributed by atoms with Gasteiger partial charge < -0.3 is 14.5 Å². The number of rotatable bonds is 7. The molecule has 1 aliphatic heterocycles. The van der Waals surface area contributed by atoms with E-state index in [-0.39, 0.29) is 18.3 Å². The highest BCUT2D eigenvalue weighted by Crippen LogP contribution is 2.23. The zero-order valence-electron chi connectivity index (χ0n) is 21.6. The second-order valence-corrected chi connectivity index (χ2v) is 9.47. The lowest BCUT2D eigenvalue weighted by atomic mass is 10.0. The monoisotopic (exact) mass is 506 g/mol. The number of hydrogen-bond acceptors (Lipinski definition) is 6. The second kappa shape index (κ2) is 11.3. The molecule has 1 fully saturated rings. The first-order chi connectivity index (χ1) is 18.5. The molecule has 7 nitrogen and oxygen atoms in total. The summed E-state index contributed by atoms with van der Waals surface area (Å²) in [7, 11) is 0. The van der Waals surface area contributed by atoms with Gasteiger partial charge in [-0.3, -0.25) is 9.59 Å². The summed E-state index contributed by atoms with van der Waals surface area (Å²) in [5.74, 6) is 1.26. The average Bonchev–Trinajstić information content (AvgIpc) is 2.96. The Hall–Kier alpha value is -4.52. The topological polar surface area (TPSA) is 75.6 Å². The Bertz CT molecular complexity index is 1410. The highest BCUT2D eigenvalue weighted by Gasteiger charge is 2.22. The fourth-order valence-electron chi connectivity index (χ4n) is 4.62. The van der Waals surface area contributed by atoms with Crippen molar-refractivity contribution in [3.63, 3.8) is 0 Å². The van der Waals surface area contributed by atoms with E-state index in [1.807, 2.05) is 30.3 Å². The van der Waals surface area contributed by atoms with Crippen LogP contribution in [0, 0.1) is 13.8 Å². The summed E-state index contributed by atoms with van der Waals surface area (Å²) in [6.45, 7) is 6.66. The molecule has 38 heavy (non-hydrogen) atoms. The number of hydrogen-bond donors (Lipinski definition) is 0. The number of aryl methyl sites for hydroxylation is 2. The van der Waals surface area contributed by atoms with Gasteiger partial charge in [0.25, 0.3) is 5.91 Å². The van der Waals surface area contributed by atoms with Crippen LogP contribution in [0.2, 0.25) is 0 Å². The SMILES string of the molecule is Cc1ccc(-c2ccc(N3CCN(C(=O)COc4ccc(C(=O)c5ccccc5)cc4)CC3)nn2)c(C)c1. The minimum atomic E-state index is -0.0645. The van der Waals surface area contributed by atoms with Crippen LogP contribution in [0.1, 0.15) is 27.0 Å². The van der Waals surface area contributed by atoms with Crippen LogP contribution in [0.4, 0.5) is 5.82 Å². The van der Waals surface area contributed by atoms with Crippen LogP contribution in [-0.2, 0) is 4.79 Å². The molecule has 0 N–H and O–H groups in total. The summed E-state index contributed by atoms with van der Waals surface area (Å²) in [5, 5.41) is 8.90. The fourth-order valence-corrected chi connectivity index (χ4v) is 4.62. The molecule has 0 atom stereocenters. The summed E-state index contributed by atoms with van der Waals surface area (Å²) >= 11 is 0. The maximum Gasteiger partial charge on any atom is 0.260 e. The summed E-state index contributed by atoms with van der Waals surface area (Å²) in [5.41, 5.74) is 5.56. The third-order valence-electron chi connectivity index (χ3n) is 6.78. The van der Waals surface area contributed by atoms with Gasteiger partial charge in [0.05, 0.1) is 5.69 Å². The van der Waals surface area contributed by atoms with Gasteiger partial charge in [0.15, 0.2) is 18.2 Å². The number of ether oxygens (including phenoxy) is 1. The van der Waals surface area contributed by atoms with Crippen molar-refractivity contribution >= 4 is 17.5 Å². The van der Waals surface area contributed by atoms with Crippen molar-refractivity contribution < 1.29 is 14.3 Å². The number of benzene rings is 3. The van der Waals surface area contributed by atoms with Gasteiger partial charge in [-0.1, -0.05) is 54.1 Å². The molecule has 192 valence electrons. The van der Waals surface area contributed by atoms with E-state index in [0.29, 0.717) is 43.1 Å². The molecular weight excluding hydrogens is 476 g/mol. The quantitative estimate of drug-likeness (QED) is 0.338. The zero-order valence-corrected chi connectivity index (χ0v) is 21.6. The molecule has 0 saturated carbocycles. The van der Waals surface area contributed by atoms with E-state index in [4.69, 9.17) is 4.74 Å². The third-order valence-corrected chi connectivity index (χ3v) is 6.78. The van der Waals surface area contributed by atoms with Crippen molar-refractivity contribution in [3.05, 3.63) is 107 Å². The van der Waals surface area contributed by atoms with Crippen LogP contribution in [-0.4, -0.2) is 59.6 Å². The normalized spacial score (nSPS) is 13.3. The molecule has 0 radical (unpaired) electrons. The van der Waals surface area contributed by atoms with E-state index in [1.165, 1.54) is 11.1 Å². The van der Waals surface area contributed by atoms with Gasteiger partial charge in [-0.15, -0.1) is 10.2 Å². The summed E-state index contributed by atoms with van der Waals surface area (Å²) in [6.07, 6.45) is 0. The zero-order chi connectivity index (χ0) is 26.5. The maximum atomic E-state index is 12.7. The number of piperazine rings is 1. The summed E-state index contributed by atoms with van der Waals surface area (Å²) < 4.78 is 5.71. The summed E-state index contributed by atoms with van der Waals surface area (Å²) in [6, 6.07) is 26.3. The minimum absolute atomic E-state index is 0.0453. The molecule has 0 spiro atoms. The van der Waals surface area contributed by atoms with Crippen LogP contribution >= 0.6 is 0 Å². The van der Waals surface area contributed by atoms with Gasteiger partial charge in [0, 0.05) is 42.9 Å². The number of carbonyl (C=O) groups excluding carboxylic acids is 2. The predicted octanol–water partition coefficient (Wildman–Crippen LogP) is 4.72. The van der Waals surface area contributed by atoms with Crippen molar-refractivity contribution in [2.45, 2.75) is 13.8 Å². The van der Waals surface area contributed by atoms with Gasteiger partial charge in [-0.25, -0.2) is 0 Å². The van der Waals surface area contributed by atoms with Gasteiger partial charge in [0.1, 0.15) is 5.75 Å². The second-order valence-electron chi connectivity index (χ2n) is 9.47. The van der Waals surface area contributed by atoms with Crippen LogP contribution in [0.15, 0.2) is 84.9 Å². The van der Waals surface area contributed by atoms with E-state index in [0.717, 1.165) is 17.1 Å². The van der Waals surface area contributed by atoms with Crippen LogP contribution < -0.4 is 9.64 Å². The largest absolute Gasteiger partial charge is 0.484 e. The molecule has 3 aromatic carbocycles. The molecule has 0 bridgehead atoms. The Kier molecular flexibility index (Phi) is 7.45. The highest BCUT2D eigenvalue weighted by molar-refractivity contribution is 6.09. The molecule has 1 amide bonds. The molecule has 2 heterocycles. The number of aromatic nitrogens is 2. The summed E-state index contributed by atoms with van der Waals surface area (Å²) in [4.78, 5) is 29.2. The lowest BCUT2D eigenvalue weighted by molar-refractivity contribution is -0.133. The molecule has 1 aromatic heterocycles. The van der Waals surface area contributed by atoms with E-state index in [1.54, 1.807) is 41.3 Å².